The lowest BCUT2D eigenvalue weighted by molar-refractivity contribution is -0.153. The van der Waals surface area contributed by atoms with Crippen LogP contribution in [0, 0.1) is 0 Å². The fourth-order valence-corrected chi connectivity index (χ4v) is 1.93. The molecular formula is C14H14F3NO. The molecule has 1 atom stereocenters. The van der Waals surface area contributed by atoms with Crippen LogP contribution in [-0.2, 0) is 0 Å². The van der Waals surface area contributed by atoms with Crippen molar-refractivity contribution in [1.29, 1.82) is 0 Å². The predicted octanol–water partition coefficient (Wildman–Crippen LogP) is 3.80. The minimum absolute atomic E-state index is 0.213. The Morgan fingerprint density at radius 2 is 1.84 bits per heavy atom. The number of nitrogens with two attached hydrogens (primary N) is 1. The van der Waals surface area contributed by atoms with Crippen LogP contribution < -0.4 is 10.5 Å². The van der Waals surface area contributed by atoms with Gasteiger partial charge in [0.1, 0.15) is 5.75 Å². The number of alkyl halides is 3. The number of rotatable bonds is 3. The first kappa shape index (κ1) is 13.7. The van der Waals surface area contributed by atoms with E-state index in [-0.39, 0.29) is 5.75 Å². The summed E-state index contributed by atoms with van der Waals surface area (Å²) in [6.07, 6.45) is -4.37. The molecule has 0 bridgehead atoms. The van der Waals surface area contributed by atoms with Crippen molar-refractivity contribution >= 4 is 10.8 Å². The van der Waals surface area contributed by atoms with Crippen LogP contribution in [0.1, 0.15) is 18.5 Å². The van der Waals surface area contributed by atoms with E-state index in [0.29, 0.717) is 10.9 Å². The summed E-state index contributed by atoms with van der Waals surface area (Å²) in [5.41, 5.74) is 6.36. The van der Waals surface area contributed by atoms with Crippen LogP contribution in [0.15, 0.2) is 36.4 Å². The van der Waals surface area contributed by atoms with E-state index in [4.69, 9.17) is 10.5 Å². The van der Waals surface area contributed by atoms with Crippen molar-refractivity contribution in [3.63, 3.8) is 0 Å². The quantitative estimate of drug-likeness (QED) is 0.919. The SMILES string of the molecule is CC(N)c1ccc2ccccc2c1OCC(F)(F)F. The zero-order valence-electron chi connectivity index (χ0n) is 10.4. The fourth-order valence-electron chi connectivity index (χ4n) is 1.93. The third-order valence-corrected chi connectivity index (χ3v) is 2.78. The number of ether oxygens (including phenoxy) is 1. The van der Waals surface area contributed by atoms with Crippen LogP contribution in [0.5, 0.6) is 5.75 Å². The van der Waals surface area contributed by atoms with Crippen LogP contribution in [0.4, 0.5) is 13.2 Å². The largest absolute Gasteiger partial charge is 0.483 e. The van der Waals surface area contributed by atoms with E-state index in [0.717, 1.165) is 5.39 Å². The van der Waals surface area contributed by atoms with Gasteiger partial charge in [-0.3, -0.25) is 0 Å². The zero-order chi connectivity index (χ0) is 14.0. The minimum Gasteiger partial charge on any atom is -0.483 e. The lowest BCUT2D eigenvalue weighted by Gasteiger charge is -2.17. The Kier molecular flexibility index (Phi) is 3.66. The Bertz CT molecular complexity index is 578. The summed E-state index contributed by atoms with van der Waals surface area (Å²) in [5, 5.41) is 1.46. The van der Waals surface area contributed by atoms with Gasteiger partial charge in [0.25, 0.3) is 0 Å². The third-order valence-electron chi connectivity index (χ3n) is 2.78. The van der Waals surface area contributed by atoms with Crippen LogP contribution >= 0.6 is 0 Å². The third kappa shape index (κ3) is 3.17. The van der Waals surface area contributed by atoms with Crippen molar-refractivity contribution in [2.24, 2.45) is 5.73 Å². The second kappa shape index (κ2) is 5.09. The highest BCUT2D eigenvalue weighted by atomic mass is 19.4. The van der Waals surface area contributed by atoms with Gasteiger partial charge in [0.2, 0.25) is 0 Å². The molecule has 2 rings (SSSR count). The molecule has 19 heavy (non-hydrogen) atoms. The number of benzene rings is 2. The summed E-state index contributed by atoms with van der Waals surface area (Å²) >= 11 is 0. The summed E-state index contributed by atoms with van der Waals surface area (Å²) in [5.74, 6) is 0.213. The number of fused-ring (bicyclic) bond motifs is 1. The van der Waals surface area contributed by atoms with Gasteiger partial charge < -0.3 is 10.5 Å². The number of hydrogen-bond donors (Lipinski definition) is 1. The van der Waals surface area contributed by atoms with Gasteiger partial charge in [-0.05, 0) is 12.3 Å². The molecule has 2 aromatic rings. The maximum absolute atomic E-state index is 12.3. The molecule has 102 valence electrons. The molecule has 0 saturated carbocycles. The Balaban J connectivity index is 2.50. The van der Waals surface area contributed by atoms with E-state index in [9.17, 15) is 13.2 Å². The molecule has 0 heterocycles. The Labute approximate surface area is 109 Å². The molecule has 2 nitrogen and oxygen atoms in total. The smallest absolute Gasteiger partial charge is 0.422 e. The van der Waals surface area contributed by atoms with E-state index < -0.39 is 18.8 Å². The van der Waals surface area contributed by atoms with Gasteiger partial charge in [0.15, 0.2) is 6.61 Å². The first-order valence-corrected chi connectivity index (χ1v) is 5.85. The standard InChI is InChI=1S/C14H14F3NO/c1-9(18)11-7-6-10-4-2-3-5-12(10)13(11)19-8-14(15,16)17/h2-7,9H,8,18H2,1H3. The second-order valence-electron chi connectivity index (χ2n) is 4.40. The summed E-state index contributed by atoms with van der Waals surface area (Å²) in [7, 11) is 0. The van der Waals surface area contributed by atoms with Crippen molar-refractivity contribution in [3.8, 4) is 5.75 Å². The molecule has 0 aliphatic rings. The Hall–Kier alpha value is -1.75. The van der Waals surface area contributed by atoms with E-state index in [2.05, 4.69) is 0 Å². The van der Waals surface area contributed by atoms with Gasteiger partial charge in [0.05, 0.1) is 0 Å². The highest BCUT2D eigenvalue weighted by molar-refractivity contribution is 5.89. The summed E-state index contributed by atoms with van der Waals surface area (Å²) in [6.45, 7) is 0.394. The van der Waals surface area contributed by atoms with E-state index in [1.807, 2.05) is 18.2 Å². The molecule has 0 aliphatic heterocycles. The number of hydrogen-bond acceptors (Lipinski definition) is 2. The van der Waals surface area contributed by atoms with E-state index >= 15 is 0 Å². The van der Waals surface area contributed by atoms with Gasteiger partial charge >= 0.3 is 6.18 Å². The molecular weight excluding hydrogens is 255 g/mol. The highest BCUT2D eigenvalue weighted by Gasteiger charge is 2.29. The molecule has 0 aliphatic carbocycles. The van der Waals surface area contributed by atoms with Gasteiger partial charge in [-0.2, -0.15) is 13.2 Å². The average molecular weight is 269 g/mol. The minimum atomic E-state index is -4.37. The second-order valence-corrected chi connectivity index (χ2v) is 4.40. The van der Waals surface area contributed by atoms with Crippen LogP contribution in [-0.4, -0.2) is 12.8 Å². The van der Waals surface area contributed by atoms with E-state index in [1.54, 1.807) is 25.1 Å². The van der Waals surface area contributed by atoms with Crippen molar-refractivity contribution in [1.82, 2.24) is 0 Å². The summed E-state index contributed by atoms with van der Waals surface area (Å²) in [4.78, 5) is 0. The molecule has 0 radical (unpaired) electrons. The number of halogens is 3. The van der Waals surface area contributed by atoms with Gasteiger partial charge in [-0.25, -0.2) is 0 Å². The van der Waals surface area contributed by atoms with Crippen molar-refractivity contribution in [2.75, 3.05) is 6.61 Å². The maximum Gasteiger partial charge on any atom is 0.422 e. The van der Waals surface area contributed by atoms with Crippen molar-refractivity contribution in [3.05, 3.63) is 42.0 Å². The molecule has 2 aromatic carbocycles. The molecule has 0 amide bonds. The first-order valence-electron chi connectivity index (χ1n) is 5.85. The van der Waals surface area contributed by atoms with Gasteiger partial charge in [-0.1, -0.05) is 36.4 Å². The molecule has 5 heteroatoms. The van der Waals surface area contributed by atoms with Gasteiger partial charge in [-0.15, -0.1) is 0 Å². The highest BCUT2D eigenvalue weighted by Crippen LogP contribution is 2.33. The molecule has 0 saturated heterocycles. The summed E-state index contributed by atoms with van der Waals surface area (Å²) in [6, 6.07) is 10.3. The molecule has 0 aromatic heterocycles. The molecule has 0 fully saturated rings. The monoisotopic (exact) mass is 269 g/mol. The topological polar surface area (TPSA) is 35.2 Å². The van der Waals surface area contributed by atoms with E-state index in [1.165, 1.54) is 0 Å². The summed E-state index contributed by atoms with van der Waals surface area (Å²) < 4.78 is 41.9. The van der Waals surface area contributed by atoms with Crippen LogP contribution in [0.2, 0.25) is 0 Å². The molecule has 1 unspecified atom stereocenters. The fraction of sp³-hybridized carbons (Fsp3) is 0.286. The lowest BCUT2D eigenvalue weighted by atomic mass is 10.0. The van der Waals surface area contributed by atoms with Crippen LogP contribution in [0.3, 0.4) is 0 Å². The van der Waals surface area contributed by atoms with Crippen molar-refractivity contribution < 1.29 is 17.9 Å². The first-order chi connectivity index (χ1) is 8.88. The maximum atomic E-state index is 12.3. The zero-order valence-corrected chi connectivity index (χ0v) is 10.4. The molecule has 0 spiro atoms. The Morgan fingerprint density at radius 1 is 1.16 bits per heavy atom. The average Bonchev–Trinajstić information content (AvgIpc) is 2.34. The molecule has 2 N–H and O–H groups in total. The van der Waals surface area contributed by atoms with Crippen molar-refractivity contribution in [2.45, 2.75) is 19.1 Å². The Morgan fingerprint density at radius 3 is 2.47 bits per heavy atom. The van der Waals surface area contributed by atoms with Crippen LogP contribution in [0.25, 0.3) is 10.8 Å². The predicted molar refractivity (Wildman–Crippen MR) is 68.1 cm³/mol. The normalized spacial score (nSPS) is 13.5. The van der Waals surface area contributed by atoms with Gasteiger partial charge in [0, 0.05) is 17.0 Å². The lowest BCUT2D eigenvalue weighted by Crippen LogP contribution is -2.20.